The Kier molecular flexibility index (Phi) is 5.13. The Bertz CT molecular complexity index is 306. The summed E-state index contributed by atoms with van der Waals surface area (Å²) in [5, 5.41) is 6.74. The largest absolute Gasteiger partial charge is 0.319 e. The molecule has 90 valence electrons. The molecule has 2 rings (SSSR count). The Balaban J connectivity index is 1.81. The molecule has 0 amide bonds. The molecule has 1 saturated heterocycles. The van der Waals surface area contributed by atoms with Gasteiger partial charge in [0.25, 0.3) is 0 Å². The van der Waals surface area contributed by atoms with Crippen LogP contribution in [0.25, 0.3) is 0 Å². The number of hydrogen-bond acceptors (Lipinski definition) is 4. The maximum atomic E-state index is 4.71. The van der Waals surface area contributed by atoms with E-state index >= 15 is 0 Å². The van der Waals surface area contributed by atoms with Crippen LogP contribution in [0, 0.1) is 5.92 Å². The van der Waals surface area contributed by atoms with Crippen molar-refractivity contribution in [3.8, 4) is 0 Å². The molecule has 1 fully saturated rings. The van der Waals surface area contributed by atoms with Gasteiger partial charge in [-0.15, -0.1) is 11.3 Å². The minimum Gasteiger partial charge on any atom is -0.319 e. The summed E-state index contributed by atoms with van der Waals surface area (Å²) in [4.78, 5) is 4.71. The van der Waals surface area contributed by atoms with Crippen molar-refractivity contribution >= 4 is 23.1 Å². The molecule has 2 nitrogen and oxygen atoms in total. The quantitative estimate of drug-likeness (QED) is 0.876. The normalized spacial score (nSPS) is 21.2. The van der Waals surface area contributed by atoms with Gasteiger partial charge >= 0.3 is 0 Å². The fourth-order valence-corrected chi connectivity index (χ4v) is 4.13. The summed E-state index contributed by atoms with van der Waals surface area (Å²) in [6, 6.07) is 0. The second kappa shape index (κ2) is 6.62. The van der Waals surface area contributed by atoms with E-state index in [0.717, 1.165) is 18.9 Å². The van der Waals surface area contributed by atoms with Crippen molar-refractivity contribution in [2.45, 2.75) is 25.7 Å². The molecule has 1 atom stereocenters. The zero-order valence-corrected chi connectivity index (χ0v) is 11.5. The maximum absolute atomic E-state index is 4.71. The summed E-state index contributed by atoms with van der Waals surface area (Å²) in [6.45, 7) is 1.03. The van der Waals surface area contributed by atoms with E-state index in [2.05, 4.69) is 22.5 Å². The van der Waals surface area contributed by atoms with Crippen molar-refractivity contribution in [2.24, 2.45) is 5.92 Å². The van der Waals surface area contributed by atoms with E-state index in [-0.39, 0.29) is 0 Å². The van der Waals surface area contributed by atoms with E-state index < -0.39 is 0 Å². The van der Waals surface area contributed by atoms with Crippen molar-refractivity contribution in [2.75, 3.05) is 25.1 Å². The standard InChI is InChI=1S/C12H20N2S2/c1-13-5-4-11-9-16-12(14-11)7-10-3-2-6-15-8-10/h9-10,13H,2-8H2,1H3. The van der Waals surface area contributed by atoms with Crippen LogP contribution in [0.1, 0.15) is 23.5 Å². The number of nitrogens with one attached hydrogen (secondary N) is 1. The topological polar surface area (TPSA) is 24.9 Å². The minimum absolute atomic E-state index is 0.877. The van der Waals surface area contributed by atoms with E-state index in [1.54, 1.807) is 0 Å². The monoisotopic (exact) mass is 256 g/mol. The van der Waals surface area contributed by atoms with Crippen molar-refractivity contribution in [1.82, 2.24) is 10.3 Å². The summed E-state index contributed by atoms with van der Waals surface area (Å²) < 4.78 is 0. The van der Waals surface area contributed by atoms with Crippen molar-refractivity contribution < 1.29 is 0 Å². The Morgan fingerprint density at radius 2 is 2.50 bits per heavy atom. The third-order valence-corrected chi connectivity index (χ3v) is 5.15. The molecule has 0 aliphatic carbocycles. The Hall–Kier alpha value is -0.0600. The first kappa shape index (κ1) is 12.4. The molecule has 1 unspecified atom stereocenters. The number of rotatable bonds is 5. The second-order valence-electron chi connectivity index (χ2n) is 4.37. The summed E-state index contributed by atoms with van der Waals surface area (Å²) in [5.74, 6) is 3.58. The summed E-state index contributed by atoms with van der Waals surface area (Å²) in [5.41, 5.74) is 1.26. The number of likely N-dealkylation sites (N-methyl/N-ethyl adjacent to an activating group) is 1. The number of nitrogens with zero attached hydrogens (tertiary/aromatic N) is 1. The molecule has 1 aromatic heterocycles. The van der Waals surface area contributed by atoms with Gasteiger partial charge in [-0.1, -0.05) is 0 Å². The van der Waals surface area contributed by atoms with E-state index in [1.165, 1.54) is 41.5 Å². The number of aromatic nitrogens is 1. The van der Waals surface area contributed by atoms with Crippen LogP contribution < -0.4 is 5.32 Å². The Morgan fingerprint density at radius 3 is 3.25 bits per heavy atom. The van der Waals surface area contributed by atoms with Gasteiger partial charge in [-0.2, -0.15) is 11.8 Å². The molecule has 0 radical (unpaired) electrons. The van der Waals surface area contributed by atoms with Gasteiger partial charge in [0.1, 0.15) is 0 Å². The zero-order chi connectivity index (χ0) is 11.2. The highest BCUT2D eigenvalue weighted by molar-refractivity contribution is 7.99. The molecule has 4 heteroatoms. The van der Waals surface area contributed by atoms with E-state index in [9.17, 15) is 0 Å². The summed E-state index contributed by atoms with van der Waals surface area (Å²) >= 11 is 3.96. The molecule has 0 bridgehead atoms. The molecule has 1 aliphatic heterocycles. The first-order valence-corrected chi connectivity index (χ1v) is 8.07. The fraction of sp³-hybridized carbons (Fsp3) is 0.750. The summed E-state index contributed by atoms with van der Waals surface area (Å²) in [7, 11) is 1.99. The maximum Gasteiger partial charge on any atom is 0.0931 e. The smallest absolute Gasteiger partial charge is 0.0931 e. The van der Waals surface area contributed by atoms with Crippen molar-refractivity contribution in [3.05, 3.63) is 16.1 Å². The Labute approximate surface area is 106 Å². The third kappa shape index (κ3) is 3.75. The lowest BCUT2D eigenvalue weighted by molar-refractivity contribution is 0.519. The molecule has 1 aliphatic rings. The second-order valence-corrected chi connectivity index (χ2v) is 6.47. The van der Waals surface area contributed by atoms with Gasteiger partial charge in [0.05, 0.1) is 10.7 Å². The predicted octanol–water partition coefficient (Wildman–Crippen LogP) is 2.59. The molecular formula is C12H20N2S2. The average molecular weight is 256 g/mol. The Morgan fingerprint density at radius 1 is 1.56 bits per heavy atom. The number of thioether (sulfide) groups is 1. The molecule has 16 heavy (non-hydrogen) atoms. The van der Waals surface area contributed by atoms with Crippen LogP contribution >= 0.6 is 23.1 Å². The first-order chi connectivity index (χ1) is 7.88. The molecule has 0 aromatic carbocycles. The highest BCUT2D eigenvalue weighted by atomic mass is 32.2. The SMILES string of the molecule is CNCCc1csc(CC2CCCSC2)n1. The number of hydrogen-bond donors (Lipinski definition) is 1. The lowest BCUT2D eigenvalue weighted by atomic mass is 10.0. The molecule has 1 N–H and O–H groups in total. The molecule has 0 saturated carbocycles. The summed E-state index contributed by atoms with van der Waals surface area (Å²) in [6.07, 6.45) is 5.06. The van der Waals surface area contributed by atoms with Crippen LogP contribution in [0.3, 0.4) is 0 Å². The highest BCUT2D eigenvalue weighted by Crippen LogP contribution is 2.26. The van der Waals surface area contributed by atoms with Gasteiger partial charge in [0.15, 0.2) is 0 Å². The van der Waals surface area contributed by atoms with Crippen molar-refractivity contribution in [1.29, 1.82) is 0 Å². The average Bonchev–Trinajstić information content (AvgIpc) is 2.75. The first-order valence-electron chi connectivity index (χ1n) is 6.04. The van der Waals surface area contributed by atoms with E-state index in [0.29, 0.717) is 0 Å². The van der Waals surface area contributed by atoms with Crippen molar-refractivity contribution in [3.63, 3.8) is 0 Å². The van der Waals surface area contributed by atoms with Crippen LogP contribution in [0.15, 0.2) is 5.38 Å². The van der Waals surface area contributed by atoms with Crippen LogP contribution in [-0.2, 0) is 12.8 Å². The van der Waals surface area contributed by atoms with Gasteiger partial charge < -0.3 is 5.32 Å². The zero-order valence-electron chi connectivity index (χ0n) is 9.87. The van der Waals surface area contributed by atoms with E-state index in [1.807, 2.05) is 18.4 Å². The van der Waals surface area contributed by atoms with E-state index in [4.69, 9.17) is 4.98 Å². The fourth-order valence-electron chi connectivity index (χ4n) is 2.03. The molecule has 2 heterocycles. The molecule has 0 spiro atoms. The molecule has 1 aromatic rings. The lowest BCUT2D eigenvalue weighted by Crippen LogP contribution is -2.13. The molecular weight excluding hydrogens is 236 g/mol. The lowest BCUT2D eigenvalue weighted by Gasteiger charge is -2.19. The third-order valence-electron chi connectivity index (χ3n) is 2.95. The predicted molar refractivity (Wildman–Crippen MR) is 73.5 cm³/mol. The van der Waals surface area contributed by atoms with Crippen LogP contribution in [0.4, 0.5) is 0 Å². The minimum atomic E-state index is 0.877. The number of thiazole rings is 1. The van der Waals surface area contributed by atoms with Gasteiger partial charge in [0.2, 0.25) is 0 Å². The van der Waals surface area contributed by atoms with Gasteiger partial charge in [0, 0.05) is 24.8 Å². The highest BCUT2D eigenvalue weighted by Gasteiger charge is 2.15. The van der Waals surface area contributed by atoms with Crippen LogP contribution in [0.5, 0.6) is 0 Å². The van der Waals surface area contributed by atoms with Crippen LogP contribution in [-0.4, -0.2) is 30.1 Å². The van der Waals surface area contributed by atoms with Gasteiger partial charge in [-0.05, 0) is 37.3 Å². The van der Waals surface area contributed by atoms with Crippen LogP contribution in [0.2, 0.25) is 0 Å². The van der Waals surface area contributed by atoms with Gasteiger partial charge in [-0.25, -0.2) is 4.98 Å². The van der Waals surface area contributed by atoms with Gasteiger partial charge in [-0.3, -0.25) is 0 Å².